The summed E-state index contributed by atoms with van der Waals surface area (Å²) in [5.41, 5.74) is -1.85. The van der Waals surface area contributed by atoms with Crippen LogP contribution in [-0.4, -0.2) is 14.9 Å². The van der Waals surface area contributed by atoms with E-state index in [1.807, 2.05) is 11.1 Å². The molecule has 0 saturated heterocycles. The molecule has 0 bridgehead atoms. The Kier molecular flexibility index (Phi) is 3.37. The zero-order valence-electron chi connectivity index (χ0n) is 9.62. The average Bonchev–Trinajstić information content (AvgIpc) is 2.36. The summed E-state index contributed by atoms with van der Waals surface area (Å²) < 4.78 is 0. The molecule has 19 heavy (non-hydrogen) atoms. The van der Waals surface area contributed by atoms with Gasteiger partial charge >= 0.3 is 16.9 Å². The van der Waals surface area contributed by atoms with Gasteiger partial charge in [0.05, 0.1) is 4.92 Å². The monoisotopic (exact) mass is 259 g/mol. The number of hydrogen-bond acceptors (Lipinski definition) is 4. The molecular weight excluding hydrogens is 250 g/mol. The summed E-state index contributed by atoms with van der Waals surface area (Å²) in [5, 5.41) is 10.8. The van der Waals surface area contributed by atoms with Crippen molar-refractivity contribution in [2.75, 3.05) is 0 Å². The van der Waals surface area contributed by atoms with Crippen LogP contribution >= 0.6 is 0 Å². The van der Waals surface area contributed by atoms with E-state index in [1.54, 1.807) is 30.3 Å². The van der Waals surface area contributed by atoms with Crippen LogP contribution in [0.4, 0.5) is 5.69 Å². The molecule has 1 heterocycles. The first-order chi connectivity index (χ1) is 9.08. The lowest BCUT2D eigenvalue weighted by atomic mass is 10.2. The van der Waals surface area contributed by atoms with Gasteiger partial charge in [0, 0.05) is 0 Å². The minimum Gasteiger partial charge on any atom is -0.301 e. The average molecular weight is 259 g/mol. The van der Waals surface area contributed by atoms with Gasteiger partial charge in [-0.1, -0.05) is 36.4 Å². The maximum atomic E-state index is 11.4. The Labute approximate surface area is 106 Å². The Hall–Kier alpha value is -2.96. The summed E-state index contributed by atoms with van der Waals surface area (Å²) >= 11 is 0. The number of benzene rings is 1. The molecule has 96 valence electrons. The molecule has 0 spiro atoms. The van der Waals surface area contributed by atoms with Gasteiger partial charge in [0.1, 0.15) is 5.69 Å². The molecule has 7 heteroatoms. The van der Waals surface area contributed by atoms with E-state index < -0.39 is 21.9 Å². The number of nitro groups is 1. The standard InChI is InChI=1S/C12H9N3O4/c16-11-10(15(18)19)9(13-12(17)14-11)7-6-8-4-2-1-3-5-8/h1-7H,(H2,13,14,16,17)/b7-6+. The molecule has 2 aromatic rings. The molecule has 0 fully saturated rings. The molecule has 1 aromatic carbocycles. The van der Waals surface area contributed by atoms with Crippen LogP contribution in [0.5, 0.6) is 0 Å². The number of H-pyrrole nitrogens is 2. The fraction of sp³-hybridized carbons (Fsp3) is 0. The first-order valence-corrected chi connectivity index (χ1v) is 5.32. The first kappa shape index (κ1) is 12.5. The second kappa shape index (κ2) is 5.13. The van der Waals surface area contributed by atoms with Crippen molar-refractivity contribution in [1.82, 2.24) is 9.97 Å². The van der Waals surface area contributed by atoms with E-state index in [0.717, 1.165) is 5.56 Å². The van der Waals surface area contributed by atoms with E-state index in [4.69, 9.17) is 0 Å². The van der Waals surface area contributed by atoms with Crippen LogP contribution in [0.1, 0.15) is 11.3 Å². The van der Waals surface area contributed by atoms with Crippen LogP contribution in [0.15, 0.2) is 39.9 Å². The summed E-state index contributed by atoms with van der Waals surface area (Å²) in [6, 6.07) is 9.00. The number of aromatic nitrogens is 2. The predicted molar refractivity (Wildman–Crippen MR) is 69.7 cm³/mol. The Bertz CT molecular complexity index is 744. The lowest BCUT2D eigenvalue weighted by Crippen LogP contribution is -2.25. The molecule has 0 aliphatic heterocycles. The Morgan fingerprint density at radius 2 is 1.74 bits per heavy atom. The molecule has 2 N–H and O–H groups in total. The molecule has 0 radical (unpaired) electrons. The van der Waals surface area contributed by atoms with Crippen molar-refractivity contribution in [3.63, 3.8) is 0 Å². The minimum atomic E-state index is -1.03. The zero-order valence-corrected chi connectivity index (χ0v) is 9.62. The molecule has 1 aromatic heterocycles. The van der Waals surface area contributed by atoms with Gasteiger partial charge < -0.3 is 4.98 Å². The van der Waals surface area contributed by atoms with E-state index in [0.29, 0.717) is 0 Å². The SMILES string of the molecule is O=c1[nH]c(/C=C/c2ccccc2)c([N+](=O)[O-])c(=O)[nH]1. The van der Waals surface area contributed by atoms with Gasteiger partial charge in [0.15, 0.2) is 0 Å². The summed E-state index contributed by atoms with van der Waals surface area (Å²) in [7, 11) is 0. The summed E-state index contributed by atoms with van der Waals surface area (Å²) in [4.78, 5) is 36.5. The van der Waals surface area contributed by atoms with E-state index >= 15 is 0 Å². The van der Waals surface area contributed by atoms with Gasteiger partial charge in [-0.25, -0.2) is 4.79 Å². The molecule has 0 unspecified atom stereocenters. The van der Waals surface area contributed by atoms with E-state index in [-0.39, 0.29) is 5.69 Å². The summed E-state index contributed by atoms with van der Waals surface area (Å²) in [6.07, 6.45) is 2.89. The highest BCUT2D eigenvalue weighted by atomic mass is 16.6. The van der Waals surface area contributed by atoms with Crippen molar-refractivity contribution in [1.29, 1.82) is 0 Å². The van der Waals surface area contributed by atoms with Gasteiger partial charge in [0.25, 0.3) is 0 Å². The molecule has 0 amide bonds. The van der Waals surface area contributed by atoms with Crippen LogP contribution in [0.25, 0.3) is 12.2 Å². The van der Waals surface area contributed by atoms with Crippen LogP contribution in [-0.2, 0) is 0 Å². The van der Waals surface area contributed by atoms with Crippen molar-refractivity contribution in [3.05, 3.63) is 72.5 Å². The highest BCUT2D eigenvalue weighted by Gasteiger charge is 2.18. The zero-order chi connectivity index (χ0) is 13.8. The molecule has 0 aliphatic rings. The molecule has 0 atom stereocenters. The van der Waals surface area contributed by atoms with Crippen LogP contribution in [0, 0.1) is 10.1 Å². The predicted octanol–water partition coefficient (Wildman–Crippen LogP) is 1.14. The molecular formula is C12H9N3O4. The number of rotatable bonds is 3. The highest BCUT2D eigenvalue weighted by molar-refractivity contribution is 5.71. The van der Waals surface area contributed by atoms with Gasteiger partial charge in [-0.05, 0) is 11.6 Å². The number of hydrogen-bond donors (Lipinski definition) is 2. The largest absolute Gasteiger partial charge is 0.357 e. The summed E-state index contributed by atoms with van der Waals surface area (Å²) in [5.74, 6) is 0. The van der Waals surface area contributed by atoms with Crippen LogP contribution < -0.4 is 11.2 Å². The smallest absolute Gasteiger partial charge is 0.301 e. The quantitative estimate of drug-likeness (QED) is 0.636. The number of nitrogens with one attached hydrogen (secondary N) is 2. The highest BCUT2D eigenvalue weighted by Crippen LogP contribution is 2.12. The third kappa shape index (κ3) is 2.83. The maximum Gasteiger partial charge on any atom is 0.357 e. The van der Waals surface area contributed by atoms with Crippen LogP contribution in [0.2, 0.25) is 0 Å². The van der Waals surface area contributed by atoms with Crippen molar-refractivity contribution < 1.29 is 4.92 Å². The molecule has 0 saturated carbocycles. The molecule has 2 rings (SSSR count). The minimum absolute atomic E-state index is 0.136. The van der Waals surface area contributed by atoms with Crippen molar-refractivity contribution in [2.45, 2.75) is 0 Å². The fourth-order valence-electron chi connectivity index (χ4n) is 1.54. The Morgan fingerprint density at radius 3 is 2.37 bits per heavy atom. The lowest BCUT2D eigenvalue weighted by molar-refractivity contribution is -0.386. The van der Waals surface area contributed by atoms with E-state index in [1.165, 1.54) is 6.08 Å². The second-order valence-corrected chi connectivity index (χ2v) is 3.67. The van der Waals surface area contributed by atoms with Gasteiger partial charge in [-0.3, -0.25) is 19.9 Å². The van der Waals surface area contributed by atoms with Crippen molar-refractivity contribution >= 4 is 17.8 Å². The lowest BCUT2D eigenvalue weighted by Gasteiger charge is -1.96. The van der Waals surface area contributed by atoms with E-state index in [2.05, 4.69) is 4.98 Å². The Balaban J connectivity index is 2.51. The summed E-state index contributed by atoms with van der Waals surface area (Å²) in [6.45, 7) is 0. The van der Waals surface area contributed by atoms with Gasteiger partial charge in [-0.2, -0.15) is 0 Å². The molecule has 0 aliphatic carbocycles. The van der Waals surface area contributed by atoms with E-state index in [9.17, 15) is 19.7 Å². The third-order valence-corrected chi connectivity index (χ3v) is 2.37. The Morgan fingerprint density at radius 1 is 1.05 bits per heavy atom. The molecule has 7 nitrogen and oxygen atoms in total. The topological polar surface area (TPSA) is 109 Å². The number of aromatic amines is 2. The normalized spacial score (nSPS) is 10.7. The fourth-order valence-corrected chi connectivity index (χ4v) is 1.54. The van der Waals surface area contributed by atoms with Gasteiger partial charge in [0.2, 0.25) is 0 Å². The van der Waals surface area contributed by atoms with Crippen LogP contribution in [0.3, 0.4) is 0 Å². The van der Waals surface area contributed by atoms with Crippen molar-refractivity contribution in [3.8, 4) is 0 Å². The van der Waals surface area contributed by atoms with Gasteiger partial charge in [-0.15, -0.1) is 0 Å². The second-order valence-electron chi connectivity index (χ2n) is 3.67. The third-order valence-electron chi connectivity index (χ3n) is 2.37. The first-order valence-electron chi connectivity index (χ1n) is 5.32. The number of nitrogens with zero attached hydrogens (tertiary/aromatic N) is 1. The van der Waals surface area contributed by atoms with Crippen molar-refractivity contribution in [2.24, 2.45) is 0 Å². The maximum absolute atomic E-state index is 11.4.